The fourth-order valence-corrected chi connectivity index (χ4v) is 7.12. The average molecular weight is 667 g/mol. The van der Waals surface area contributed by atoms with Crippen LogP contribution in [0.3, 0.4) is 0 Å². The summed E-state index contributed by atoms with van der Waals surface area (Å²) in [6, 6.07) is 12.0. The molecule has 1 unspecified atom stereocenters. The van der Waals surface area contributed by atoms with Crippen LogP contribution in [-0.2, 0) is 23.4 Å². The highest BCUT2D eigenvalue weighted by atomic mass is 31.2. The molecular weight excluding hydrogens is 632 g/mol. The van der Waals surface area contributed by atoms with Crippen LogP contribution >= 0.6 is 7.75 Å². The quantitative estimate of drug-likeness (QED) is 0.193. The lowest BCUT2D eigenvalue weighted by Gasteiger charge is -2.30. The van der Waals surface area contributed by atoms with Crippen LogP contribution in [0.25, 0.3) is 5.52 Å². The maximum atomic E-state index is 14.0. The molecule has 1 aliphatic heterocycles. The molecule has 46 heavy (non-hydrogen) atoms. The van der Waals surface area contributed by atoms with E-state index in [9.17, 15) is 32.9 Å². The molecule has 13 nitrogen and oxygen atoms in total. The lowest BCUT2D eigenvalue weighted by molar-refractivity contribution is -0.185. The molecule has 4 N–H and O–H groups in total. The van der Waals surface area contributed by atoms with E-state index in [0.717, 1.165) is 0 Å². The van der Waals surface area contributed by atoms with Gasteiger partial charge in [-0.05, 0) is 62.8 Å². The summed E-state index contributed by atoms with van der Waals surface area (Å²) < 4.78 is 77.1. The summed E-state index contributed by atoms with van der Waals surface area (Å²) in [7, 11) is -4.45. The Bertz CT molecular complexity index is 1610. The second-order valence-corrected chi connectivity index (χ2v) is 13.2. The number of rotatable bonds is 11. The van der Waals surface area contributed by atoms with Crippen LogP contribution in [-0.4, -0.2) is 62.8 Å². The molecule has 2 aromatic heterocycles. The van der Waals surface area contributed by atoms with Crippen LogP contribution < -0.4 is 15.3 Å². The number of esters is 1. The Labute approximate surface area is 262 Å². The van der Waals surface area contributed by atoms with Crippen molar-refractivity contribution in [1.82, 2.24) is 19.7 Å². The number of nitrogen functional groups attached to an aromatic ring is 1. The molecule has 17 heteroatoms. The largest absolute Gasteiger partial charge is 0.464 e. The van der Waals surface area contributed by atoms with Gasteiger partial charge in [-0.2, -0.15) is 28.6 Å². The third-order valence-corrected chi connectivity index (χ3v) is 9.88. The summed E-state index contributed by atoms with van der Waals surface area (Å²) in [5.41, 5.74) is 4.92. The van der Waals surface area contributed by atoms with E-state index < -0.39 is 56.3 Å². The van der Waals surface area contributed by atoms with Crippen LogP contribution in [0.2, 0.25) is 0 Å². The molecule has 0 bridgehead atoms. The second kappa shape index (κ2) is 13.5. The number of halogens is 3. The lowest BCUT2D eigenvalue weighted by Crippen LogP contribution is -2.43. The number of hydrogen-bond acceptors (Lipinski definition) is 11. The molecular formula is C29H34F3N6O7P. The third kappa shape index (κ3) is 7.45. The number of nitriles is 1. The molecule has 0 spiro atoms. The number of hydrogen-bond donors (Lipinski definition) is 3. The smallest absolute Gasteiger partial charge is 0.459 e. The Hall–Kier alpha value is -3.74. The highest BCUT2D eigenvalue weighted by Gasteiger charge is 2.52. The van der Waals surface area contributed by atoms with Gasteiger partial charge < -0.3 is 24.8 Å². The summed E-state index contributed by atoms with van der Waals surface area (Å²) >= 11 is 0. The van der Waals surface area contributed by atoms with Gasteiger partial charge >= 0.3 is 19.9 Å². The summed E-state index contributed by atoms with van der Waals surface area (Å²) in [5, 5.41) is 27.8. The van der Waals surface area contributed by atoms with Crippen molar-refractivity contribution in [3.05, 3.63) is 54.5 Å². The van der Waals surface area contributed by atoms with Crippen molar-refractivity contribution in [1.29, 1.82) is 5.26 Å². The van der Waals surface area contributed by atoms with Gasteiger partial charge in [0.05, 0.1) is 18.2 Å². The molecule has 1 aromatic carbocycles. The summed E-state index contributed by atoms with van der Waals surface area (Å²) in [4.78, 5) is 16.8. The van der Waals surface area contributed by atoms with Crippen molar-refractivity contribution >= 4 is 25.1 Å². The average Bonchev–Trinajstić information content (AvgIpc) is 3.61. The van der Waals surface area contributed by atoms with E-state index in [2.05, 4.69) is 15.2 Å². The first-order valence-electron chi connectivity index (χ1n) is 14.7. The number of nitrogens with one attached hydrogen (secondary N) is 1. The predicted molar refractivity (Wildman–Crippen MR) is 156 cm³/mol. The third-order valence-electron chi connectivity index (χ3n) is 8.25. The van der Waals surface area contributed by atoms with Crippen molar-refractivity contribution in [3.63, 3.8) is 0 Å². The number of ether oxygens (including phenoxy) is 2. The molecule has 248 valence electrons. The lowest BCUT2D eigenvalue weighted by atomic mass is 9.82. The summed E-state index contributed by atoms with van der Waals surface area (Å²) in [6.45, 7) is 0.544. The first-order valence-corrected chi connectivity index (χ1v) is 16.2. The maximum Gasteiger partial charge on any atom is 0.459 e. The molecule has 0 radical (unpaired) electrons. The van der Waals surface area contributed by atoms with Gasteiger partial charge in [-0.1, -0.05) is 18.2 Å². The normalized spacial score (nSPS) is 27.0. The number of aromatic nitrogens is 3. The standard InChI is InChI=1S/C29H34F3N6O7P/c1-18(27(40)42-14-19-7-9-20(10-8-19)29(30,31)32)37-46(41,45-21-5-3-2-4-6-21)43-16-28(15-33)25(39)13-24(44-28)22-11-12-23-26(34)35-17-36-38(22)23/h2-6,11-12,17-20,24-25,39H,7-10,13-14,16H2,1H3,(H,37,41)(H2,34,35,36)/t18-,19-,20-,24+,25-,28+,46?/m0/s1. The number of carbonyl (C=O) groups excluding carboxylic acids is 1. The Morgan fingerprint density at radius 3 is 2.65 bits per heavy atom. The van der Waals surface area contributed by atoms with Crippen molar-refractivity contribution in [2.24, 2.45) is 11.8 Å². The predicted octanol–water partition coefficient (Wildman–Crippen LogP) is 4.49. The van der Waals surface area contributed by atoms with Gasteiger partial charge in [0.25, 0.3) is 0 Å². The second-order valence-electron chi connectivity index (χ2n) is 11.5. The molecule has 0 amide bonds. The van der Waals surface area contributed by atoms with Crippen molar-refractivity contribution in [2.45, 2.75) is 69.1 Å². The SMILES string of the molecule is C[C@H](NP(=O)(OC[C@@]1(C#N)O[C@@H](c2ccc3c(N)ncnn23)C[C@@H]1O)Oc1ccccc1)C(=O)OC[C@H]1CC[C@H](C(F)(F)F)CC1. The highest BCUT2D eigenvalue weighted by Crippen LogP contribution is 2.48. The van der Waals surface area contributed by atoms with E-state index in [1.54, 1.807) is 30.3 Å². The first kappa shape index (κ1) is 33.6. The zero-order valence-corrected chi connectivity index (χ0v) is 25.7. The zero-order chi connectivity index (χ0) is 33.1. The van der Waals surface area contributed by atoms with Gasteiger partial charge in [-0.25, -0.2) is 14.1 Å². The number of anilines is 1. The Morgan fingerprint density at radius 2 is 1.98 bits per heavy atom. The fourth-order valence-electron chi connectivity index (χ4n) is 5.60. The van der Waals surface area contributed by atoms with E-state index in [1.807, 2.05) is 6.07 Å². The van der Waals surface area contributed by atoms with E-state index in [4.69, 9.17) is 24.3 Å². The van der Waals surface area contributed by atoms with Gasteiger partial charge in [0.2, 0.25) is 5.60 Å². The number of aliphatic hydroxyl groups is 1. The molecule has 1 saturated heterocycles. The van der Waals surface area contributed by atoms with Crippen LogP contribution in [0.5, 0.6) is 5.75 Å². The minimum absolute atomic E-state index is 0.0299. The number of fused-ring (bicyclic) bond motifs is 1. The molecule has 1 saturated carbocycles. The highest BCUT2D eigenvalue weighted by molar-refractivity contribution is 7.52. The number of carbonyl (C=O) groups is 1. The molecule has 5 rings (SSSR count). The minimum Gasteiger partial charge on any atom is -0.464 e. The number of para-hydroxylation sites is 1. The van der Waals surface area contributed by atoms with Gasteiger partial charge in [0.15, 0.2) is 5.82 Å². The molecule has 2 fully saturated rings. The number of nitrogens with two attached hydrogens (primary N) is 1. The first-order chi connectivity index (χ1) is 21.8. The van der Waals surface area contributed by atoms with E-state index in [-0.39, 0.29) is 56.2 Å². The summed E-state index contributed by atoms with van der Waals surface area (Å²) in [6.07, 6.45) is -4.77. The van der Waals surface area contributed by atoms with Crippen LogP contribution in [0.1, 0.15) is 50.8 Å². The van der Waals surface area contributed by atoms with Crippen LogP contribution in [0.15, 0.2) is 48.8 Å². The van der Waals surface area contributed by atoms with E-state index in [1.165, 1.54) is 29.9 Å². The topological polar surface area (TPSA) is 183 Å². The number of nitrogens with zero attached hydrogens (tertiary/aromatic N) is 4. The van der Waals surface area contributed by atoms with Crippen molar-refractivity contribution in [3.8, 4) is 11.8 Å². The Balaban J connectivity index is 1.25. The van der Waals surface area contributed by atoms with Crippen LogP contribution in [0.4, 0.5) is 19.0 Å². The number of alkyl halides is 3. The molecule has 3 aromatic rings. The van der Waals surface area contributed by atoms with Crippen molar-refractivity contribution < 1.29 is 46.2 Å². The fraction of sp³-hybridized carbons (Fsp3) is 0.517. The van der Waals surface area contributed by atoms with Gasteiger partial charge in [-0.3, -0.25) is 9.32 Å². The van der Waals surface area contributed by atoms with E-state index >= 15 is 0 Å². The maximum absolute atomic E-state index is 14.0. The molecule has 3 heterocycles. The van der Waals surface area contributed by atoms with E-state index in [0.29, 0.717) is 11.2 Å². The number of benzene rings is 1. The van der Waals surface area contributed by atoms with Crippen molar-refractivity contribution in [2.75, 3.05) is 18.9 Å². The Kier molecular flexibility index (Phi) is 9.90. The Morgan fingerprint density at radius 1 is 1.26 bits per heavy atom. The van der Waals surface area contributed by atoms with Crippen LogP contribution in [0, 0.1) is 23.2 Å². The molecule has 1 aliphatic carbocycles. The minimum atomic E-state index is -4.45. The monoisotopic (exact) mass is 666 g/mol. The number of aliphatic hydroxyl groups excluding tert-OH is 1. The summed E-state index contributed by atoms with van der Waals surface area (Å²) in [5.74, 6) is -2.08. The van der Waals surface area contributed by atoms with Gasteiger partial charge in [0.1, 0.15) is 48.5 Å². The van der Waals surface area contributed by atoms with Gasteiger partial charge in [-0.15, -0.1) is 0 Å². The van der Waals surface area contributed by atoms with Gasteiger partial charge in [0, 0.05) is 6.42 Å². The zero-order valence-electron chi connectivity index (χ0n) is 24.8. The molecule has 5 atom stereocenters. The molecule has 2 aliphatic rings.